The SMILES string of the molecule is COc1ccc(C#CCO)nn1. The molecule has 1 N–H and O–H groups in total. The molecule has 0 amide bonds. The molecule has 0 saturated carbocycles. The van der Waals surface area contributed by atoms with E-state index in [1.807, 2.05) is 0 Å². The van der Waals surface area contributed by atoms with Crippen molar-refractivity contribution in [1.29, 1.82) is 0 Å². The Balaban J connectivity index is 2.78. The third-order valence-corrected chi connectivity index (χ3v) is 1.14. The summed E-state index contributed by atoms with van der Waals surface area (Å²) in [6.07, 6.45) is 0. The average molecular weight is 164 g/mol. The Kier molecular flexibility index (Phi) is 3.05. The number of aliphatic hydroxyl groups is 1. The molecular weight excluding hydrogens is 156 g/mol. The number of hydrogen-bond donors (Lipinski definition) is 1. The Morgan fingerprint density at radius 3 is 2.83 bits per heavy atom. The Labute approximate surface area is 70.2 Å². The number of hydrogen-bond acceptors (Lipinski definition) is 4. The van der Waals surface area contributed by atoms with Crippen LogP contribution in [-0.4, -0.2) is 29.0 Å². The van der Waals surface area contributed by atoms with E-state index in [0.29, 0.717) is 11.6 Å². The lowest BCUT2D eigenvalue weighted by Crippen LogP contribution is -1.91. The number of methoxy groups -OCH3 is 1. The molecule has 0 radical (unpaired) electrons. The first-order valence-electron chi connectivity index (χ1n) is 3.34. The summed E-state index contributed by atoms with van der Waals surface area (Å²) in [5.41, 5.74) is 0.518. The van der Waals surface area contributed by atoms with Crippen LogP contribution in [0, 0.1) is 11.8 Å². The van der Waals surface area contributed by atoms with Crippen molar-refractivity contribution in [2.75, 3.05) is 13.7 Å². The van der Waals surface area contributed by atoms with Gasteiger partial charge in [-0.05, 0) is 12.0 Å². The van der Waals surface area contributed by atoms with E-state index >= 15 is 0 Å². The molecule has 0 aliphatic heterocycles. The normalized spacial score (nSPS) is 8.50. The lowest BCUT2D eigenvalue weighted by atomic mass is 10.4. The molecule has 1 rings (SSSR count). The monoisotopic (exact) mass is 164 g/mol. The molecule has 1 heterocycles. The molecule has 62 valence electrons. The van der Waals surface area contributed by atoms with Crippen LogP contribution < -0.4 is 4.74 Å². The van der Waals surface area contributed by atoms with Crippen LogP contribution in [0.2, 0.25) is 0 Å². The molecule has 0 unspecified atom stereocenters. The maximum atomic E-state index is 8.38. The molecule has 4 heteroatoms. The van der Waals surface area contributed by atoms with E-state index < -0.39 is 0 Å². The van der Waals surface area contributed by atoms with Gasteiger partial charge in [0, 0.05) is 6.07 Å². The topological polar surface area (TPSA) is 55.2 Å². The molecule has 0 aliphatic carbocycles. The Hall–Kier alpha value is -1.60. The van der Waals surface area contributed by atoms with Crippen molar-refractivity contribution >= 4 is 0 Å². The van der Waals surface area contributed by atoms with Gasteiger partial charge in [-0.3, -0.25) is 0 Å². The molecule has 1 aromatic heterocycles. The third-order valence-electron chi connectivity index (χ3n) is 1.14. The van der Waals surface area contributed by atoms with Crippen molar-refractivity contribution < 1.29 is 9.84 Å². The van der Waals surface area contributed by atoms with Crippen molar-refractivity contribution in [3.8, 4) is 17.7 Å². The van der Waals surface area contributed by atoms with Gasteiger partial charge in [0.15, 0.2) is 0 Å². The summed E-state index contributed by atoms with van der Waals surface area (Å²) in [6.45, 7) is -0.173. The number of nitrogens with zero attached hydrogens (tertiary/aromatic N) is 2. The van der Waals surface area contributed by atoms with Gasteiger partial charge in [-0.1, -0.05) is 5.92 Å². The zero-order chi connectivity index (χ0) is 8.81. The Morgan fingerprint density at radius 2 is 2.33 bits per heavy atom. The summed E-state index contributed by atoms with van der Waals surface area (Å²) >= 11 is 0. The summed E-state index contributed by atoms with van der Waals surface area (Å²) in [7, 11) is 1.52. The number of aliphatic hydroxyl groups excluding tert-OH is 1. The molecule has 4 nitrogen and oxygen atoms in total. The fourth-order valence-corrected chi connectivity index (χ4v) is 0.626. The van der Waals surface area contributed by atoms with Gasteiger partial charge in [-0.2, -0.15) is 0 Å². The van der Waals surface area contributed by atoms with Crippen molar-refractivity contribution in [1.82, 2.24) is 10.2 Å². The standard InChI is InChI=1S/C8H8N2O2/c1-12-8-5-4-7(9-10-8)3-2-6-11/h4-5,11H,6H2,1H3. The van der Waals surface area contributed by atoms with Gasteiger partial charge in [0.1, 0.15) is 12.3 Å². The number of aromatic nitrogens is 2. The van der Waals surface area contributed by atoms with E-state index in [-0.39, 0.29) is 6.61 Å². The first-order valence-corrected chi connectivity index (χ1v) is 3.34. The highest BCUT2D eigenvalue weighted by molar-refractivity contribution is 5.27. The Bertz CT molecular complexity index is 297. The van der Waals surface area contributed by atoms with Crippen LogP contribution in [0.4, 0.5) is 0 Å². The van der Waals surface area contributed by atoms with Gasteiger partial charge < -0.3 is 9.84 Å². The molecule has 12 heavy (non-hydrogen) atoms. The first kappa shape index (κ1) is 8.50. The van der Waals surface area contributed by atoms with Crippen LogP contribution in [0.1, 0.15) is 5.69 Å². The summed E-state index contributed by atoms with van der Waals surface area (Å²) in [5.74, 6) is 5.53. The second kappa shape index (κ2) is 4.31. The maximum Gasteiger partial charge on any atom is 0.233 e. The van der Waals surface area contributed by atoms with Gasteiger partial charge in [-0.15, -0.1) is 10.2 Å². The van der Waals surface area contributed by atoms with E-state index in [2.05, 4.69) is 22.0 Å². The van der Waals surface area contributed by atoms with Gasteiger partial charge in [0.05, 0.1) is 7.11 Å². The highest BCUT2D eigenvalue weighted by Gasteiger charge is 1.91. The van der Waals surface area contributed by atoms with Crippen LogP contribution >= 0.6 is 0 Å². The quantitative estimate of drug-likeness (QED) is 0.585. The average Bonchev–Trinajstić information content (AvgIpc) is 2.15. The predicted molar refractivity (Wildman–Crippen MR) is 42.5 cm³/mol. The lowest BCUT2D eigenvalue weighted by Gasteiger charge is -1.94. The molecule has 0 bridgehead atoms. The smallest absolute Gasteiger partial charge is 0.233 e. The zero-order valence-electron chi connectivity index (χ0n) is 6.61. The molecule has 0 saturated heterocycles. The molecule has 0 aromatic carbocycles. The molecule has 1 aromatic rings. The van der Waals surface area contributed by atoms with Crippen molar-refractivity contribution in [2.45, 2.75) is 0 Å². The molecule has 0 atom stereocenters. The molecular formula is C8H8N2O2. The van der Waals surface area contributed by atoms with Crippen LogP contribution in [-0.2, 0) is 0 Å². The van der Waals surface area contributed by atoms with E-state index in [9.17, 15) is 0 Å². The van der Waals surface area contributed by atoms with Crippen molar-refractivity contribution in [3.63, 3.8) is 0 Å². The van der Waals surface area contributed by atoms with E-state index in [4.69, 9.17) is 9.84 Å². The predicted octanol–water partition coefficient (Wildman–Crippen LogP) is -0.171. The minimum atomic E-state index is -0.173. The van der Waals surface area contributed by atoms with Crippen molar-refractivity contribution in [3.05, 3.63) is 17.8 Å². The highest BCUT2D eigenvalue weighted by atomic mass is 16.5. The molecule has 0 spiro atoms. The van der Waals surface area contributed by atoms with E-state index in [1.165, 1.54) is 7.11 Å². The summed E-state index contributed by atoms with van der Waals surface area (Å²) < 4.78 is 4.80. The summed E-state index contributed by atoms with van der Waals surface area (Å²) in [4.78, 5) is 0. The molecule has 0 fully saturated rings. The van der Waals surface area contributed by atoms with Crippen LogP contribution in [0.3, 0.4) is 0 Å². The van der Waals surface area contributed by atoms with E-state index in [0.717, 1.165) is 0 Å². The van der Waals surface area contributed by atoms with Crippen LogP contribution in [0.25, 0.3) is 0 Å². The second-order valence-electron chi connectivity index (χ2n) is 1.92. The second-order valence-corrected chi connectivity index (χ2v) is 1.92. The fourth-order valence-electron chi connectivity index (χ4n) is 0.626. The lowest BCUT2D eigenvalue weighted by molar-refractivity contribution is 0.350. The first-order chi connectivity index (χ1) is 5.86. The maximum absolute atomic E-state index is 8.38. The number of rotatable bonds is 1. The van der Waals surface area contributed by atoms with Gasteiger partial charge in [0.25, 0.3) is 0 Å². The van der Waals surface area contributed by atoms with Crippen LogP contribution in [0.15, 0.2) is 12.1 Å². The van der Waals surface area contributed by atoms with Gasteiger partial charge >= 0.3 is 0 Å². The Morgan fingerprint density at radius 1 is 1.50 bits per heavy atom. The van der Waals surface area contributed by atoms with Gasteiger partial charge in [-0.25, -0.2) is 0 Å². The minimum absolute atomic E-state index is 0.173. The fraction of sp³-hybridized carbons (Fsp3) is 0.250. The minimum Gasteiger partial charge on any atom is -0.480 e. The van der Waals surface area contributed by atoms with Crippen molar-refractivity contribution in [2.24, 2.45) is 0 Å². The van der Waals surface area contributed by atoms with Gasteiger partial charge in [0.2, 0.25) is 5.88 Å². The molecule has 0 aliphatic rings. The summed E-state index contributed by atoms with van der Waals surface area (Å²) in [6, 6.07) is 3.34. The number of ether oxygens (including phenoxy) is 1. The zero-order valence-corrected chi connectivity index (χ0v) is 6.61. The van der Waals surface area contributed by atoms with Crippen LogP contribution in [0.5, 0.6) is 5.88 Å². The third kappa shape index (κ3) is 2.22. The van der Waals surface area contributed by atoms with E-state index in [1.54, 1.807) is 12.1 Å². The highest BCUT2D eigenvalue weighted by Crippen LogP contribution is 2.01. The largest absolute Gasteiger partial charge is 0.480 e. The summed E-state index contributed by atoms with van der Waals surface area (Å²) in [5, 5.41) is 15.8.